The van der Waals surface area contributed by atoms with Crippen LogP contribution in [0.5, 0.6) is 0 Å². The molecule has 31 heavy (non-hydrogen) atoms. The normalized spacial score (nSPS) is 18.3. The number of ether oxygens (including phenoxy) is 1. The van der Waals surface area contributed by atoms with Crippen LogP contribution in [0.4, 0.5) is 0 Å². The summed E-state index contributed by atoms with van der Waals surface area (Å²) in [7, 11) is 1.47. The van der Waals surface area contributed by atoms with E-state index in [1.807, 2.05) is 43.5 Å². The lowest BCUT2D eigenvalue weighted by molar-refractivity contribution is -0.133. The van der Waals surface area contributed by atoms with Crippen LogP contribution in [-0.2, 0) is 20.9 Å². The van der Waals surface area contributed by atoms with E-state index in [2.05, 4.69) is 25.6 Å². The Morgan fingerprint density at radius 3 is 2.81 bits per heavy atom. The van der Waals surface area contributed by atoms with Gasteiger partial charge >= 0.3 is 0 Å². The second-order valence-corrected chi connectivity index (χ2v) is 7.62. The molecule has 3 heterocycles. The van der Waals surface area contributed by atoms with Crippen LogP contribution in [0.1, 0.15) is 23.9 Å². The Labute approximate surface area is 179 Å². The maximum Gasteiger partial charge on any atom is 0.246 e. The number of hydrogen-bond donors (Lipinski definition) is 2. The zero-order valence-electron chi connectivity index (χ0n) is 17.5. The number of likely N-dealkylation sites (tertiary alicyclic amines) is 1. The molecule has 10 nitrogen and oxygen atoms in total. The molecule has 0 radical (unpaired) electrons. The van der Waals surface area contributed by atoms with E-state index in [1.165, 1.54) is 7.11 Å². The van der Waals surface area contributed by atoms with Gasteiger partial charge in [0.05, 0.1) is 12.2 Å². The summed E-state index contributed by atoms with van der Waals surface area (Å²) < 4.78 is 6.51. The molecule has 1 aliphatic rings. The van der Waals surface area contributed by atoms with Gasteiger partial charge in [0.2, 0.25) is 11.8 Å². The lowest BCUT2D eigenvalue weighted by Gasteiger charge is -2.22. The molecule has 2 atom stereocenters. The molecule has 4 rings (SSSR count). The number of aromatic nitrogens is 5. The van der Waals surface area contributed by atoms with E-state index in [-0.39, 0.29) is 37.0 Å². The fraction of sp³-hybridized carbons (Fsp3) is 0.381. The third kappa shape index (κ3) is 4.80. The predicted octanol–water partition coefficient (Wildman–Crippen LogP) is 1.08. The first kappa shape index (κ1) is 20.7. The Bertz CT molecular complexity index is 1050. The maximum atomic E-state index is 13.1. The number of hydrogen-bond acceptors (Lipinski definition) is 6. The number of amides is 2. The number of benzene rings is 1. The van der Waals surface area contributed by atoms with E-state index < -0.39 is 0 Å². The van der Waals surface area contributed by atoms with E-state index in [9.17, 15) is 9.59 Å². The Hall–Kier alpha value is -3.53. The molecule has 1 aliphatic heterocycles. The fourth-order valence-corrected chi connectivity index (χ4v) is 3.80. The van der Waals surface area contributed by atoms with Crippen LogP contribution in [0.2, 0.25) is 0 Å². The van der Waals surface area contributed by atoms with E-state index in [0.717, 1.165) is 11.1 Å². The van der Waals surface area contributed by atoms with Crippen LogP contribution in [-0.4, -0.2) is 68.0 Å². The van der Waals surface area contributed by atoms with E-state index >= 15 is 0 Å². The van der Waals surface area contributed by atoms with Crippen molar-refractivity contribution in [2.24, 2.45) is 0 Å². The van der Waals surface area contributed by atoms with Gasteiger partial charge in [-0.05, 0) is 18.9 Å². The highest BCUT2D eigenvalue weighted by molar-refractivity contribution is 5.79. The highest BCUT2D eigenvalue weighted by Gasteiger charge is 2.38. The topological polar surface area (TPSA) is 118 Å². The molecular formula is C21H25N7O3. The monoisotopic (exact) mass is 423 g/mol. The Morgan fingerprint density at radius 1 is 1.29 bits per heavy atom. The van der Waals surface area contributed by atoms with Crippen molar-refractivity contribution in [2.75, 3.05) is 20.3 Å². The minimum atomic E-state index is -0.332. The highest BCUT2D eigenvalue weighted by atomic mass is 16.5. The molecule has 1 saturated heterocycles. The quantitative estimate of drug-likeness (QED) is 0.587. The number of carbonyl (C=O) groups is 2. The smallest absolute Gasteiger partial charge is 0.246 e. The van der Waals surface area contributed by atoms with Gasteiger partial charge in [-0.15, -0.1) is 0 Å². The molecule has 0 spiro atoms. The lowest BCUT2D eigenvalue weighted by Crippen LogP contribution is -2.40. The lowest BCUT2D eigenvalue weighted by atomic mass is 10.1. The molecular weight excluding hydrogens is 398 g/mol. The van der Waals surface area contributed by atoms with Gasteiger partial charge in [0.25, 0.3) is 0 Å². The number of aromatic amines is 1. The van der Waals surface area contributed by atoms with E-state index in [1.54, 1.807) is 15.8 Å². The molecule has 1 fully saturated rings. The first-order valence-electron chi connectivity index (χ1n) is 10.1. The first-order chi connectivity index (χ1) is 15.0. The summed E-state index contributed by atoms with van der Waals surface area (Å²) in [4.78, 5) is 31.5. The van der Waals surface area contributed by atoms with Crippen LogP contribution in [0, 0.1) is 6.92 Å². The SMILES string of the molecule is COCC(=O)N[C@H]1C[C@@H](c2nc(-c3ccccc3)n[nH]2)N(C(=O)Cn2cc(C)cn2)C1. The summed E-state index contributed by atoms with van der Waals surface area (Å²) in [5.41, 5.74) is 1.87. The second kappa shape index (κ2) is 9.09. The third-order valence-corrected chi connectivity index (χ3v) is 5.17. The minimum Gasteiger partial charge on any atom is -0.375 e. The van der Waals surface area contributed by atoms with Gasteiger partial charge in [-0.25, -0.2) is 4.98 Å². The zero-order chi connectivity index (χ0) is 21.8. The van der Waals surface area contributed by atoms with Gasteiger partial charge in [-0.1, -0.05) is 30.3 Å². The van der Waals surface area contributed by atoms with Crippen molar-refractivity contribution in [3.63, 3.8) is 0 Å². The average Bonchev–Trinajstić information content (AvgIpc) is 3.48. The van der Waals surface area contributed by atoms with Crippen LogP contribution in [0.3, 0.4) is 0 Å². The van der Waals surface area contributed by atoms with Gasteiger partial charge < -0.3 is 15.0 Å². The summed E-state index contributed by atoms with van der Waals surface area (Å²) in [5, 5.41) is 14.4. The third-order valence-electron chi connectivity index (χ3n) is 5.17. The van der Waals surface area contributed by atoms with Crippen molar-refractivity contribution in [2.45, 2.75) is 32.0 Å². The summed E-state index contributed by atoms with van der Waals surface area (Å²) in [5.74, 6) is 0.838. The number of aryl methyl sites for hydroxylation is 1. The average molecular weight is 423 g/mol. The van der Waals surface area contributed by atoms with Gasteiger partial charge in [0.1, 0.15) is 19.0 Å². The number of nitrogens with one attached hydrogen (secondary N) is 2. The van der Waals surface area contributed by atoms with Gasteiger partial charge in [0, 0.05) is 31.5 Å². The minimum absolute atomic E-state index is 0.0257. The van der Waals surface area contributed by atoms with Crippen LogP contribution in [0.25, 0.3) is 11.4 Å². The highest BCUT2D eigenvalue weighted by Crippen LogP contribution is 2.31. The number of methoxy groups -OCH3 is 1. The zero-order valence-corrected chi connectivity index (χ0v) is 17.5. The summed E-state index contributed by atoms with van der Waals surface area (Å²) in [6.07, 6.45) is 4.07. The number of nitrogens with zero attached hydrogens (tertiary/aromatic N) is 5. The first-order valence-corrected chi connectivity index (χ1v) is 10.1. The molecule has 1 aromatic carbocycles. The Kier molecular flexibility index (Phi) is 6.08. The van der Waals surface area contributed by atoms with Crippen molar-refractivity contribution < 1.29 is 14.3 Å². The Morgan fingerprint density at radius 2 is 2.10 bits per heavy atom. The summed E-state index contributed by atoms with van der Waals surface area (Å²) in [6, 6.07) is 9.09. The number of carbonyl (C=O) groups excluding carboxylic acids is 2. The van der Waals surface area contributed by atoms with Crippen LogP contribution in [0.15, 0.2) is 42.7 Å². The standard InChI is InChI=1S/C21H25N7O3/c1-14-9-22-27(10-14)12-19(30)28-11-16(23-18(29)13-31-2)8-17(28)21-24-20(25-26-21)15-6-4-3-5-7-15/h3-7,9-10,16-17H,8,11-13H2,1-2H3,(H,23,29)(H,24,25,26)/t16-,17-/m0/s1. The number of H-pyrrole nitrogens is 1. The molecule has 3 aromatic rings. The van der Waals surface area contributed by atoms with E-state index in [0.29, 0.717) is 24.6 Å². The molecule has 10 heteroatoms. The fourth-order valence-electron chi connectivity index (χ4n) is 3.80. The molecule has 2 N–H and O–H groups in total. The largest absolute Gasteiger partial charge is 0.375 e. The molecule has 0 bridgehead atoms. The van der Waals surface area contributed by atoms with Crippen molar-refractivity contribution >= 4 is 11.8 Å². The van der Waals surface area contributed by atoms with Crippen LogP contribution < -0.4 is 5.32 Å². The summed E-state index contributed by atoms with van der Waals surface area (Å²) >= 11 is 0. The molecule has 0 saturated carbocycles. The molecule has 2 aromatic heterocycles. The predicted molar refractivity (Wildman–Crippen MR) is 112 cm³/mol. The Balaban J connectivity index is 1.55. The number of rotatable bonds is 7. The van der Waals surface area contributed by atoms with Gasteiger partial charge in [-0.2, -0.15) is 10.2 Å². The maximum absolute atomic E-state index is 13.1. The van der Waals surface area contributed by atoms with Gasteiger partial charge in [-0.3, -0.25) is 19.4 Å². The molecule has 2 amide bonds. The van der Waals surface area contributed by atoms with Crippen molar-refractivity contribution in [1.82, 2.24) is 35.2 Å². The molecule has 0 unspecified atom stereocenters. The van der Waals surface area contributed by atoms with Crippen LogP contribution >= 0.6 is 0 Å². The molecule has 162 valence electrons. The van der Waals surface area contributed by atoms with Crippen molar-refractivity contribution in [3.8, 4) is 11.4 Å². The van der Waals surface area contributed by atoms with E-state index in [4.69, 9.17) is 4.74 Å². The van der Waals surface area contributed by atoms with Crippen molar-refractivity contribution in [1.29, 1.82) is 0 Å². The summed E-state index contributed by atoms with van der Waals surface area (Å²) in [6.45, 7) is 2.39. The van der Waals surface area contributed by atoms with Gasteiger partial charge in [0.15, 0.2) is 5.82 Å². The molecule has 0 aliphatic carbocycles. The second-order valence-electron chi connectivity index (χ2n) is 7.62. The van der Waals surface area contributed by atoms with Crippen molar-refractivity contribution in [3.05, 3.63) is 54.1 Å².